The Bertz CT molecular complexity index is 1440. The molecule has 0 radical (unpaired) electrons. The number of nitrogens with zero attached hydrogens (tertiary/aromatic N) is 4. The smallest absolute Gasteiger partial charge is 0.244 e. The largest absolute Gasteiger partial charge is 0.496 e. The van der Waals surface area contributed by atoms with Crippen LogP contribution in [0.15, 0.2) is 59.5 Å². The molecule has 0 aliphatic carbocycles. The lowest BCUT2D eigenvalue weighted by atomic mass is 10.2. The molecule has 0 saturated carbocycles. The van der Waals surface area contributed by atoms with Crippen molar-refractivity contribution < 1.29 is 27.4 Å². The number of hydrogen-bond acceptors (Lipinski definition) is 9. The van der Waals surface area contributed by atoms with Gasteiger partial charge in [0, 0.05) is 18.7 Å². The number of hydrogen-bond donors (Lipinski definition) is 1. The standard InChI is InChI=1S/C24H27N5O6S/c1-4-33-17-10-11-21(20(16-17)34-5-2)36(30,31)25-14-15-35-23-13-12-22-26-27-24(29(22)28-23)18-8-6-7-9-19(18)32-3/h6-13,16,25H,4-5,14-15H2,1-3H3. The quantitative estimate of drug-likeness (QED) is 0.285. The number of fused-ring (bicyclic) bond motifs is 1. The molecule has 2 heterocycles. The Kier molecular flexibility index (Phi) is 7.86. The summed E-state index contributed by atoms with van der Waals surface area (Å²) in [5, 5.41) is 12.8. The maximum atomic E-state index is 12.9. The molecule has 0 bridgehead atoms. The van der Waals surface area contributed by atoms with Crippen molar-refractivity contribution in [2.45, 2.75) is 18.7 Å². The van der Waals surface area contributed by atoms with Crippen LogP contribution < -0.4 is 23.7 Å². The van der Waals surface area contributed by atoms with E-state index in [1.165, 1.54) is 6.07 Å². The molecule has 0 aliphatic heterocycles. The topological polar surface area (TPSA) is 126 Å². The van der Waals surface area contributed by atoms with E-state index in [1.807, 2.05) is 31.2 Å². The van der Waals surface area contributed by atoms with Gasteiger partial charge in [-0.15, -0.1) is 15.3 Å². The van der Waals surface area contributed by atoms with Crippen LogP contribution in [0.5, 0.6) is 23.1 Å². The van der Waals surface area contributed by atoms with Crippen LogP contribution in [0.25, 0.3) is 17.0 Å². The first-order valence-electron chi connectivity index (χ1n) is 11.3. The second-order valence-electron chi connectivity index (χ2n) is 7.39. The van der Waals surface area contributed by atoms with Crippen molar-refractivity contribution in [3.63, 3.8) is 0 Å². The van der Waals surface area contributed by atoms with Crippen LogP contribution in [0.4, 0.5) is 0 Å². The van der Waals surface area contributed by atoms with Gasteiger partial charge in [-0.2, -0.15) is 4.52 Å². The van der Waals surface area contributed by atoms with Gasteiger partial charge < -0.3 is 18.9 Å². The number of nitrogens with one attached hydrogen (secondary N) is 1. The zero-order valence-corrected chi connectivity index (χ0v) is 21.0. The van der Waals surface area contributed by atoms with E-state index in [-0.39, 0.29) is 29.7 Å². The van der Waals surface area contributed by atoms with E-state index >= 15 is 0 Å². The molecule has 4 aromatic rings. The zero-order valence-electron chi connectivity index (χ0n) is 20.2. The molecule has 0 unspecified atom stereocenters. The predicted molar refractivity (Wildman–Crippen MR) is 132 cm³/mol. The summed E-state index contributed by atoms with van der Waals surface area (Å²) in [6, 6.07) is 15.4. The highest BCUT2D eigenvalue weighted by atomic mass is 32.2. The van der Waals surface area contributed by atoms with E-state index in [0.717, 1.165) is 5.56 Å². The van der Waals surface area contributed by atoms with Crippen molar-refractivity contribution in [1.29, 1.82) is 0 Å². The summed E-state index contributed by atoms with van der Waals surface area (Å²) < 4.78 is 51.9. The molecule has 12 heteroatoms. The van der Waals surface area contributed by atoms with Crippen LogP contribution >= 0.6 is 0 Å². The fourth-order valence-electron chi connectivity index (χ4n) is 3.49. The van der Waals surface area contributed by atoms with E-state index in [4.69, 9.17) is 18.9 Å². The van der Waals surface area contributed by atoms with Gasteiger partial charge in [-0.1, -0.05) is 12.1 Å². The molecule has 4 rings (SSSR count). The Labute approximate surface area is 209 Å². The normalized spacial score (nSPS) is 11.4. The minimum Gasteiger partial charge on any atom is -0.496 e. The average molecular weight is 514 g/mol. The molecular weight excluding hydrogens is 486 g/mol. The number of rotatable bonds is 12. The first-order chi connectivity index (χ1) is 17.5. The van der Waals surface area contributed by atoms with Crippen molar-refractivity contribution in [2.75, 3.05) is 33.5 Å². The summed E-state index contributed by atoms with van der Waals surface area (Å²) >= 11 is 0. The minimum absolute atomic E-state index is 0.0162. The number of para-hydroxylation sites is 1. The molecule has 190 valence electrons. The van der Waals surface area contributed by atoms with Crippen LogP contribution in [0.2, 0.25) is 0 Å². The number of benzene rings is 2. The average Bonchev–Trinajstić information content (AvgIpc) is 3.30. The fraction of sp³-hybridized carbons (Fsp3) is 0.292. The van der Waals surface area contributed by atoms with Gasteiger partial charge in [0.05, 0.1) is 25.9 Å². The molecule has 0 saturated heterocycles. The Morgan fingerprint density at radius 2 is 1.72 bits per heavy atom. The van der Waals surface area contributed by atoms with Crippen molar-refractivity contribution in [3.05, 3.63) is 54.6 Å². The van der Waals surface area contributed by atoms with E-state index in [2.05, 4.69) is 20.0 Å². The van der Waals surface area contributed by atoms with Crippen LogP contribution in [-0.4, -0.2) is 61.7 Å². The Morgan fingerprint density at radius 1 is 0.917 bits per heavy atom. The fourth-order valence-corrected chi connectivity index (χ4v) is 4.63. The van der Waals surface area contributed by atoms with E-state index in [1.54, 1.807) is 42.8 Å². The second-order valence-corrected chi connectivity index (χ2v) is 9.12. The molecule has 0 atom stereocenters. The van der Waals surface area contributed by atoms with Gasteiger partial charge in [0.25, 0.3) is 0 Å². The maximum Gasteiger partial charge on any atom is 0.244 e. The third-order valence-electron chi connectivity index (χ3n) is 5.05. The monoisotopic (exact) mass is 513 g/mol. The lowest BCUT2D eigenvalue weighted by Gasteiger charge is -2.14. The lowest BCUT2D eigenvalue weighted by molar-refractivity contribution is 0.305. The van der Waals surface area contributed by atoms with Crippen molar-refractivity contribution >= 4 is 15.7 Å². The Balaban J connectivity index is 1.44. The summed E-state index contributed by atoms with van der Waals surface area (Å²) in [5.74, 6) is 2.17. The molecule has 0 aliphatic rings. The minimum atomic E-state index is -3.85. The lowest BCUT2D eigenvalue weighted by Crippen LogP contribution is -2.28. The molecule has 0 spiro atoms. The number of methoxy groups -OCH3 is 1. The highest BCUT2D eigenvalue weighted by molar-refractivity contribution is 7.89. The van der Waals surface area contributed by atoms with Gasteiger partial charge in [-0.25, -0.2) is 13.1 Å². The molecule has 0 amide bonds. The summed E-state index contributed by atoms with van der Waals surface area (Å²) in [4.78, 5) is 0.0262. The predicted octanol–water partition coefficient (Wildman–Crippen LogP) is 2.95. The molecule has 1 N–H and O–H groups in total. The van der Waals surface area contributed by atoms with Gasteiger partial charge >= 0.3 is 0 Å². The Hall–Kier alpha value is -3.90. The van der Waals surface area contributed by atoms with Crippen molar-refractivity contribution in [2.24, 2.45) is 0 Å². The van der Waals surface area contributed by atoms with Gasteiger partial charge in [-0.05, 0) is 44.2 Å². The second kappa shape index (κ2) is 11.2. The third kappa shape index (κ3) is 5.50. The van der Waals surface area contributed by atoms with Crippen molar-refractivity contribution in [3.8, 4) is 34.5 Å². The highest BCUT2D eigenvalue weighted by Crippen LogP contribution is 2.29. The number of aromatic nitrogens is 4. The Morgan fingerprint density at radius 3 is 2.50 bits per heavy atom. The molecule has 2 aromatic heterocycles. The van der Waals surface area contributed by atoms with E-state index in [0.29, 0.717) is 36.2 Å². The van der Waals surface area contributed by atoms with Gasteiger partial charge in [0.2, 0.25) is 15.9 Å². The van der Waals surface area contributed by atoms with Gasteiger partial charge in [0.15, 0.2) is 11.5 Å². The van der Waals surface area contributed by atoms with Crippen LogP contribution in [-0.2, 0) is 10.0 Å². The van der Waals surface area contributed by atoms with Gasteiger partial charge in [0.1, 0.15) is 28.8 Å². The SMILES string of the molecule is CCOc1ccc(S(=O)(=O)NCCOc2ccc3nnc(-c4ccccc4OC)n3n2)c(OCC)c1. The van der Waals surface area contributed by atoms with Crippen LogP contribution in [0.1, 0.15) is 13.8 Å². The van der Waals surface area contributed by atoms with Crippen LogP contribution in [0.3, 0.4) is 0 Å². The zero-order chi connectivity index (χ0) is 25.5. The summed E-state index contributed by atoms with van der Waals surface area (Å²) in [5.41, 5.74) is 1.26. The van der Waals surface area contributed by atoms with Gasteiger partial charge in [-0.3, -0.25) is 0 Å². The first kappa shape index (κ1) is 25.2. The maximum absolute atomic E-state index is 12.9. The molecule has 36 heavy (non-hydrogen) atoms. The highest BCUT2D eigenvalue weighted by Gasteiger charge is 2.20. The van der Waals surface area contributed by atoms with E-state index in [9.17, 15) is 8.42 Å². The summed E-state index contributed by atoms with van der Waals surface area (Å²) in [6.07, 6.45) is 0. The number of sulfonamides is 1. The molecule has 0 fully saturated rings. The van der Waals surface area contributed by atoms with E-state index < -0.39 is 10.0 Å². The van der Waals surface area contributed by atoms with Crippen molar-refractivity contribution in [1.82, 2.24) is 24.5 Å². The molecule has 11 nitrogen and oxygen atoms in total. The molecule has 2 aromatic carbocycles. The molecular formula is C24H27N5O6S. The first-order valence-corrected chi connectivity index (χ1v) is 12.8. The van der Waals surface area contributed by atoms with Crippen LogP contribution in [0, 0.1) is 0 Å². The third-order valence-corrected chi connectivity index (χ3v) is 6.55. The number of ether oxygens (including phenoxy) is 4. The summed E-state index contributed by atoms with van der Waals surface area (Å²) in [7, 11) is -2.27. The summed E-state index contributed by atoms with van der Waals surface area (Å²) in [6.45, 7) is 4.47.